The monoisotopic (exact) mass is 441 g/mol. The Morgan fingerprint density at radius 2 is 1.75 bits per heavy atom. The maximum Gasteiger partial charge on any atom is 0.216 e. The van der Waals surface area contributed by atoms with Gasteiger partial charge in [0.05, 0.1) is 30.8 Å². The van der Waals surface area contributed by atoms with Gasteiger partial charge in [-0.05, 0) is 27.7 Å². The molecule has 0 radical (unpaired) electrons. The standard InChI is InChI=1S/C16H35N5O5S2/c1-5-17-16(18-7-8-19-27(22,23)6-2)20-9-11-21(12-10-20)28(24,25)14-13-26-15(3)4/h15,19H,5-14H2,1-4H3,(H,17,18). The van der Waals surface area contributed by atoms with Crippen LogP contribution in [0.3, 0.4) is 0 Å². The van der Waals surface area contributed by atoms with Crippen LogP contribution in [0.5, 0.6) is 0 Å². The third-order valence-electron chi connectivity index (χ3n) is 4.13. The molecule has 28 heavy (non-hydrogen) atoms. The number of sulfonamides is 2. The van der Waals surface area contributed by atoms with Gasteiger partial charge in [-0.1, -0.05) is 0 Å². The van der Waals surface area contributed by atoms with Crippen LogP contribution in [0.1, 0.15) is 27.7 Å². The van der Waals surface area contributed by atoms with E-state index in [0.29, 0.717) is 45.2 Å². The Balaban J connectivity index is 2.56. The predicted molar refractivity (Wildman–Crippen MR) is 111 cm³/mol. The molecular formula is C16H35N5O5S2. The molecule has 0 atom stereocenters. The number of nitrogens with zero attached hydrogens (tertiary/aromatic N) is 3. The van der Waals surface area contributed by atoms with Crippen molar-refractivity contribution in [3.05, 3.63) is 0 Å². The lowest BCUT2D eigenvalue weighted by atomic mass is 10.4. The van der Waals surface area contributed by atoms with Crippen molar-refractivity contribution in [2.75, 3.05) is 63.9 Å². The van der Waals surface area contributed by atoms with Crippen molar-refractivity contribution in [3.63, 3.8) is 0 Å². The zero-order valence-corrected chi connectivity index (χ0v) is 19.0. The Kier molecular flexibility index (Phi) is 10.7. The summed E-state index contributed by atoms with van der Waals surface area (Å²) in [5, 5.41) is 3.18. The molecule has 0 spiro atoms. The van der Waals surface area contributed by atoms with Gasteiger partial charge in [-0.25, -0.2) is 21.6 Å². The summed E-state index contributed by atoms with van der Waals surface area (Å²) in [6.07, 6.45) is 0.00717. The van der Waals surface area contributed by atoms with Crippen LogP contribution in [0.15, 0.2) is 4.99 Å². The molecule has 1 fully saturated rings. The minimum atomic E-state index is -3.34. The summed E-state index contributed by atoms with van der Waals surface area (Å²) in [5.74, 6) is 0.685. The van der Waals surface area contributed by atoms with Crippen LogP contribution < -0.4 is 10.0 Å². The zero-order valence-electron chi connectivity index (χ0n) is 17.3. The number of rotatable bonds is 11. The van der Waals surface area contributed by atoms with E-state index in [9.17, 15) is 16.8 Å². The second kappa shape index (κ2) is 11.9. The topological polar surface area (TPSA) is 120 Å². The van der Waals surface area contributed by atoms with Crippen molar-refractivity contribution in [1.29, 1.82) is 0 Å². The van der Waals surface area contributed by atoms with Gasteiger partial charge >= 0.3 is 0 Å². The molecule has 0 aromatic rings. The summed E-state index contributed by atoms with van der Waals surface area (Å²) < 4.78 is 57.1. The van der Waals surface area contributed by atoms with Crippen LogP contribution in [0, 0.1) is 0 Å². The molecule has 0 bridgehead atoms. The van der Waals surface area contributed by atoms with Gasteiger partial charge in [-0.3, -0.25) is 4.99 Å². The first-order chi connectivity index (χ1) is 13.1. The quantitative estimate of drug-likeness (QED) is 0.246. The van der Waals surface area contributed by atoms with Gasteiger partial charge in [0.25, 0.3) is 0 Å². The van der Waals surface area contributed by atoms with Gasteiger partial charge in [-0.2, -0.15) is 4.31 Å². The molecule has 12 heteroatoms. The first-order valence-electron chi connectivity index (χ1n) is 9.71. The molecule has 10 nitrogen and oxygen atoms in total. The SMILES string of the molecule is CCNC(=NCCNS(=O)(=O)CC)N1CCN(S(=O)(=O)CCOC(C)C)CC1. The molecule has 0 aromatic carbocycles. The van der Waals surface area contributed by atoms with Gasteiger partial charge in [0.2, 0.25) is 20.0 Å². The minimum Gasteiger partial charge on any atom is -0.378 e. The van der Waals surface area contributed by atoms with Crippen LogP contribution in [-0.4, -0.2) is 102 Å². The number of nitrogens with one attached hydrogen (secondary N) is 2. The molecular weight excluding hydrogens is 406 g/mol. The third kappa shape index (κ3) is 9.03. The second-order valence-corrected chi connectivity index (χ2v) is 10.8. The van der Waals surface area contributed by atoms with Crippen molar-refractivity contribution < 1.29 is 21.6 Å². The van der Waals surface area contributed by atoms with Crippen LogP contribution in [0.4, 0.5) is 0 Å². The van der Waals surface area contributed by atoms with E-state index in [2.05, 4.69) is 15.0 Å². The van der Waals surface area contributed by atoms with Gasteiger partial charge in [0, 0.05) is 39.3 Å². The Morgan fingerprint density at radius 1 is 1.11 bits per heavy atom. The Hall–Kier alpha value is -0.950. The Labute approximate surface area is 169 Å². The summed E-state index contributed by atoms with van der Waals surface area (Å²) in [6.45, 7) is 10.5. The lowest BCUT2D eigenvalue weighted by molar-refractivity contribution is 0.0904. The summed E-state index contributed by atoms with van der Waals surface area (Å²) in [4.78, 5) is 6.44. The van der Waals surface area contributed by atoms with E-state index in [1.165, 1.54) is 4.31 Å². The highest BCUT2D eigenvalue weighted by molar-refractivity contribution is 7.89. The van der Waals surface area contributed by atoms with Crippen LogP contribution >= 0.6 is 0 Å². The molecule has 2 N–H and O–H groups in total. The van der Waals surface area contributed by atoms with Crippen LogP contribution in [-0.2, 0) is 24.8 Å². The number of hydrogen-bond acceptors (Lipinski definition) is 6. The van der Waals surface area contributed by atoms with E-state index < -0.39 is 20.0 Å². The van der Waals surface area contributed by atoms with Gasteiger partial charge in [-0.15, -0.1) is 0 Å². The molecule has 0 saturated carbocycles. The first kappa shape index (κ1) is 25.1. The Morgan fingerprint density at radius 3 is 2.29 bits per heavy atom. The fraction of sp³-hybridized carbons (Fsp3) is 0.938. The van der Waals surface area contributed by atoms with E-state index >= 15 is 0 Å². The molecule has 1 aliphatic heterocycles. The van der Waals surface area contributed by atoms with E-state index in [1.807, 2.05) is 25.7 Å². The van der Waals surface area contributed by atoms with Crippen molar-refractivity contribution >= 4 is 26.0 Å². The normalized spacial score (nSPS) is 17.3. The average molecular weight is 442 g/mol. The number of hydrogen-bond donors (Lipinski definition) is 2. The maximum atomic E-state index is 12.4. The molecule has 0 aliphatic carbocycles. The van der Waals surface area contributed by atoms with E-state index in [0.717, 1.165) is 0 Å². The highest BCUT2D eigenvalue weighted by Gasteiger charge is 2.28. The highest BCUT2D eigenvalue weighted by Crippen LogP contribution is 2.09. The number of aliphatic imine (C=N–C) groups is 1. The van der Waals surface area contributed by atoms with Crippen molar-refractivity contribution in [2.45, 2.75) is 33.8 Å². The van der Waals surface area contributed by atoms with Crippen LogP contribution in [0.25, 0.3) is 0 Å². The molecule has 0 amide bonds. The molecule has 0 unspecified atom stereocenters. The average Bonchev–Trinajstić information content (AvgIpc) is 2.64. The largest absolute Gasteiger partial charge is 0.378 e. The number of guanidine groups is 1. The summed E-state index contributed by atoms with van der Waals surface area (Å²) in [6, 6.07) is 0. The zero-order chi connectivity index (χ0) is 21.2. The van der Waals surface area contributed by atoms with Gasteiger partial charge < -0.3 is 15.0 Å². The second-order valence-electron chi connectivity index (χ2n) is 6.66. The fourth-order valence-electron chi connectivity index (χ4n) is 2.59. The van der Waals surface area contributed by atoms with E-state index in [1.54, 1.807) is 6.92 Å². The van der Waals surface area contributed by atoms with Crippen LogP contribution in [0.2, 0.25) is 0 Å². The predicted octanol–water partition coefficient (Wildman–Crippen LogP) is -0.736. The maximum absolute atomic E-state index is 12.4. The first-order valence-corrected chi connectivity index (χ1v) is 13.0. The molecule has 1 saturated heterocycles. The van der Waals surface area contributed by atoms with Crippen molar-refractivity contribution in [2.24, 2.45) is 4.99 Å². The molecule has 1 rings (SSSR count). The van der Waals surface area contributed by atoms with E-state index in [4.69, 9.17) is 4.74 Å². The summed E-state index contributed by atoms with van der Waals surface area (Å²) in [5.41, 5.74) is 0. The lowest BCUT2D eigenvalue weighted by Crippen LogP contribution is -2.54. The molecule has 166 valence electrons. The minimum absolute atomic E-state index is 0.00717. The lowest BCUT2D eigenvalue weighted by Gasteiger charge is -2.35. The summed E-state index contributed by atoms with van der Waals surface area (Å²) in [7, 11) is -6.56. The number of ether oxygens (including phenoxy) is 1. The number of piperazine rings is 1. The fourth-order valence-corrected chi connectivity index (χ4v) is 4.48. The van der Waals surface area contributed by atoms with E-state index in [-0.39, 0.29) is 30.8 Å². The van der Waals surface area contributed by atoms with Crippen molar-refractivity contribution in [1.82, 2.24) is 19.2 Å². The molecule has 1 heterocycles. The van der Waals surface area contributed by atoms with Crippen molar-refractivity contribution in [3.8, 4) is 0 Å². The highest BCUT2D eigenvalue weighted by atomic mass is 32.2. The molecule has 0 aromatic heterocycles. The smallest absolute Gasteiger partial charge is 0.216 e. The Bertz CT molecular complexity index is 686. The van der Waals surface area contributed by atoms with Gasteiger partial charge in [0.1, 0.15) is 0 Å². The third-order valence-corrected chi connectivity index (χ3v) is 7.37. The molecule has 1 aliphatic rings. The van der Waals surface area contributed by atoms with Gasteiger partial charge in [0.15, 0.2) is 5.96 Å². The summed E-state index contributed by atoms with van der Waals surface area (Å²) >= 11 is 0.